The third-order valence-electron chi connectivity index (χ3n) is 8.96. The van der Waals surface area contributed by atoms with Crippen LogP contribution in [-0.4, -0.2) is 142 Å². The number of alkyl halides is 51. The minimum Gasteiger partial charge on any atom is -0.194 e. The lowest BCUT2D eigenvalue weighted by atomic mass is 9.91. The second-order valence-electron chi connectivity index (χ2n) is 13.8. The van der Waals surface area contributed by atoms with E-state index in [0.29, 0.717) is 0 Å². The predicted octanol–water partition coefficient (Wildman–Crippen LogP) is 17.4. The average molecular weight is 1290 g/mol. The summed E-state index contributed by atoms with van der Waals surface area (Å²) in [4.78, 5) is 0. The molecule has 0 bridgehead atoms. The summed E-state index contributed by atoms with van der Waals surface area (Å²) in [6.07, 6.45) is -26.6. The van der Waals surface area contributed by atoms with Gasteiger partial charge in [-0.15, -0.1) is 0 Å². The second-order valence-corrected chi connectivity index (χ2v) is 16.1. The van der Waals surface area contributed by atoms with Gasteiger partial charge in [-0.25, -0.2) is 0 Å². The normalized spacial score (nSPS) is 17.5. The molecule has 0 unspecified atom stereocenters. The molecule has 0 radical (unpaired) electrons. The van der Waals surface area contributed by atoms with E-state index in [0.717, 1.165) is 0 Å². The summed E-state index contributed by atoms with van der Waals surface area (Å²) in [5.74, 6) is -190. The van der Waals surface area contributed by atoms with E-state index in [-0.39, 0.29) is 0 Å². The molecule has 0 aliphatic heterocycles. The summed E-state index contributed by atoms with van der Waals surface area (Å²) >= 11 is 0. The van der Waals surface area contributed by atoms with Crippen LogP contribution in [0.3, 0.4) is 0 Å². The van der Waals surface area contributed by atoms with Crippen LogP contribution < -0.4 is 0 Å². The molecule has 0 saturated heterocycles. The Morgan fingerprint density at radius 2 is 0.184 bits per heavy atom. The van der Waals surface area contributed by atoms with E-state index in [1.165, 1.54) is 0 Å². The fraction of sp³-hybridized carbons (Fsp3) is 1.00. The molecule has 0 aliphatic rings. The van der Waals surface area contributed by atoms with Crippen LogP contribution >= 0.6 is 7.92 Å². The highest BCUT2D eigenvalue weighted by molar-refractivity contribution is 7.61. The van der Waals surface area contributed by atoms with E-state index >= 15 is 26.3 Å². The van der Waals surface area contributed by atoms with Crippen LogP contribution in [0.25, 0.3) is 0 Å². The number of hydrogen-bond donors (Lipinski definition) is 0. The van der Waals surface area contributed by atoms with Crippen molar-refractivity contribution < 1.29 is 224 Å². The van der Waals surface area contributed by atoms with Crippen molar-refractivity contribution in [2.45, 2.75) is 142 Å². The van der Waals surface area contributed by atoms with Gasteiger partial charge < -0.3 is 0 Å². The van der Waals surface area contributed by atoms with Gasteiger partial charge in [0.1, 0.15) is 7.92 Å². The molecule has 0 aromatic heterocycles. The van der Waals surface area contributed by atoms with Crippen molar-refractivity contribution in [3.63, 3.8) is 0 Å². The van der Waals surface area contributed by atoms with Gasteiger partial charge in [0, 0.05) is 0 Å². The van der Waals surface area contributed by atoms with Crippen LogP contribution in [0.4, 0.5) is 224 Å². The summed E-state index contributed by atoms with van der Waals surface area (Å²) < 4.78 is 702. The largest absolute Gasteiger partial charge is 0.460 e. The van der Waals surface area contributed by atoms with Crippen molar-refractivity contribution >= 4 is 7.92 Å². The Kier molecular flexibility index (Phi) is 16.7. The van der Waals surface area contributed by atoms with Crippen molar-refractivity contribution in [2.75, 3.05) is 0 Å². The topological polar surface area (TPSA) is 0 Å². The first-order valence-electron chi connectivity index (χ1n) is 15.6. The quantitative estimate of drug-likeness (QED) is 0.0794. The highest BCUT2D eigenvalue weighted by Gasteiger charge is 3.03. The van der Waals surface area contributed by atoms with Crippen molar-refractivity contribution in [1.82, 2.24) is 0 Å². The first-order chi connectivity index (χ1) is 31.6. The van der Waals surface area contributed by atoms with Crippen molar-refractivity contribution in [2.24, 2.45) is 0 Å². The molecular formula is C24F51P. The van der Waals surface area contributed by atoms with Crippen molar-refractivity contribution in [3.8, 4) is 0 Å². The van der Waals surface area contributed by atoms with Crippen LogP contribution in [0.2, 0.25) is 0 Å². The molecule has 0 heterocycles. The van der Waals surface area contributed by atoms with Crippen LogP contribution in [0.1, 0.15) is 0 Å². The molecular weight excluding hydrogens is 1290 g/mol. The molecule has 0 nitrogen and oxygen atoms in total. The molecule has 76 heavy (non-hydrogen) atoms. The van der Waals surface area contributed by atoms with Gasteiger partial charge in [-0.3, -0.25) is 0 Å². The zero-order valence-corrected chi connectivity index (χ0v) is 32.6. The summed E-state index contributed by atoms with van der Waals surface area (Å²) in [6.45, 7) is 0. The third kappa shape index (κ3) is 8.32. The molecule has 0 aromatic carbocycles. The third-order valence-corrected chi connectivity index (χ3v) is 11.5. The van der Waals surface area contributed by atoms with Crippen LogP contribution in [0.5, 0.6) is 0 Å². The van der Waals surface area contributed by atoms with E-state index in [1.54, 1.807) is 0 Å². The molecule has 0 saturated carbocycles. The van der Waals surface area contributed by atoms with Gasteiger partial charge in [0.15, 0.2) is 0 Å². The monoisotopic (exact) mass is 1290 g/mol. The number of halogens is 51. The summed E-state index contributed by atoms with van der Waals surface area (Å²) in [5, 5.41) is 0. The lowest BCUT2D eigenvalue weighted by Crippen LogP contribution is -2.77. The Morgan fingerprint density at radius 3 is 0.276 bits per heavy atom. The Balaban J connectivity index is 9.71. The number of rotatable bonds is 21. The maximum Gasteiger partial charge on any atom is 0.460 e. The van der Waals surface area contributed by atoms with Crippen molar-refractivity contribution in [1.29, 1.82) is 0 Å². The molecule has 0 N–H and O–H groups in total. The fourth-order valence-electron chi connectivity index (χ4n) is 4.42. The highest BCUT2D eigenvalue weighted by atomic mass is 31.1. The lowest BCUT2D eigenvalue weighted by Gasteiger charge is -2.50. The van der Waals surface area contributed by atoms with Crippen LogP contribution in [0.15, 0.2) is 0 Å². The zero-order valence-electron chi connectivity index (χ0n) is 31.7. The Morgan fingerprint density at radius 1 is 0.105 bits per heavy atom. The highest BCUT2D eigenvalue weighted by Crippen LogP contribution is 2.85. The average Bonchev–Trinajstić information content (AvgIpc) is 3.14. The van der Waals surface area contributed by atoms with Gasteiger partial charge >= 0.3 is 142 Å². The Hall–Kier alpha value is -3.14. The fourth-order valence-corrected chi connectivity index (χ4v) is 6.74. The summed E-state index contributed by atoms with van der Waals surface area (Å²) in [7, 11) is -11.9. The molecule has 0 aromatic rings. The predicted molar refractivity (Wildman–Crippen MR) is 129 cm³/mol. The van der Waals surface area contributed by atoms with E-state index in [4.69, 9.17) is 0 Å². The zero-order chi connectivity index (χ0) is 63.6. The Labute approximate surface area is 375 Å². The van der Waals surface area contributed by atoms with Gasteiger partial charge in [0.05, 0.1) is 0 Å². The minimum atomic E-state index is -11.9. The summed E-state index contributed by atoms with van der Waals surface area (Å²) in [6, 6.07) is 0. The molecule has 0 spiro atoms. The van der Waals surface area contributed by atoms with Crippen molar-refractivity contribution in [3.05, 3.63) is 0 Å². The van der Waals surface area contributed by atoms with Gasteiger partial charge in [0.25, 0.3) is 0 Å². The van der Waals surface area contributed by atoms with Crippen LogP contribution in [-0.2, 0) is 0 Å². The molecule has 0 aliphatic carbocycles. The molecule has 0 fully saturated rings. The van der Waals surface area contributed by atoms with E-state index in [2.05, 4.69) is 0 Å². The molecule has 52 heteroatoms. The first kappa shape index (κ1) is 72.9. The SMILES string of the molecule is FC(F)(F)C(F)(F)C(F)(F)C(F)(F)C(F)(F)C(F)(F)C(F)(F)C(F)(F)P(C(F)(F)C(F)(F)C(F)(F)C(F)(F)C(F)(F)C(F)(F)C(F)(F)C(F)(F)F)C(F)(F)C(F)(F)C(F)(F)C(F)(F)C(F)(F)C(F)(F)C(F)(F)C(F)(F)F. The van der Waals surface area contributed by atoms with Crippen LogP contribution in [0, 0.1) is 0 Å². The van der Waals surface area contributed by atoms with Gasteiger partial charge in [-0.1, -0.05) is 0 Å². The maximum absolute atomic E-state index is 15.1. The van der Waals surface area contributed by atoms with Gasteiger partial charge in [0.2, 0.25) is 0 Å². The van der Waals surface area contributed by atoms with E-state index in [9.17, 15) is 198 Å². The molecule has 0 rings (SSSR count). The molecule has 0 atom stereocenters. The van der Waals surface area contributed by atoms with Gasteiger partial charge in [-0.05, 0) is 0 Å². The minimum absolute atomic E-state index is 8.87. The maximum atomic E-state index is 15.1. The Bertz CT molecular complexity index is 1850. The van der Waals surface area contributed by atoms with E-state index < -0.39 is 150 Å². The van der Waals surface area contributed by atoms with E-state index in [1.807, 2.05) is 0 Å². The smallest absolute Gasteiger partial charge is 0.194 e. The lowest BCUT2D eigenvalue weighted by molar-refractivity contribution is -0.462. The summed E-state index contributed by atoms with van der Waals surface area (Å²) in [5.41, 5.74) is -34.5. The molecule has 458 valence electrons. The number of hydrogen-bond acceptors (Lipinski definition) is 0. The first-order valence-corrected chi connectivity index (χ1v) is 16.9. The molecule has 0 amide bonds. The standard InChI is InChI=1S/C24F51P/c25-1(26,7(37,38)13(49,50)19(61,62)63)4(31,32)10(43,44)16(55,56)22(70,71)76(23(72,73)17(57,58)11(45,46)5(33,34)2(27,28)8(39,40)14(51,52)20(64,65)66)24(74,75)18(59,60)12(47,48)6(35,36)3(29,30)9(41,42)15(53,54)21(67,68)69. The second kappa shape index (κ2) is 17.4. The van der Waals surface area contributed by atoms with Gasteiger partial charge in [-0.2, -0.15) is 224 Å².